The summed E-state index contributed by atoms with van der Waals surface area (Å²) < 4.78 is 8.99. The minimum atomic E-state index is 0.161. The molecule has 1 N–H and O–H groups in total. The van der Waals surface area contributed by atoms with Crippen molar-refractivity contribution in [3.8, 4) is 0 Å². The van der Waals surface area contributed by atoms with Crippen molar-refractivity contribution in [1.29, 1.82) is 0 Å². The van der Waals surface area contributed by atoms with Gasteiger partial charge < -0.3 is 10.1 Å². The molecule has 0 aromatic carbocycles. The van der Waals surface area contributed by atoms with E-state index in [0.29, 0.717) is 12.2 Å². The summed E-state index contributed by atoms with van der Waals surface area (Å²) in [5.74, 6) is 0. The summed E-state index contributed by atoms with van der Waals surface area (Å²) in [6.45, 7) is 8.32. The third-order valence-electron chi connectivity index (χ3n) is 3.05. The molecule has 1 aromatic heterocycles. The van der Waals surface area contributed by atoms with Gasteiger partial charge in [-0.3, -0.25) is 4.68 Å². The number of aromatic nitrogens is 2. The van der Waals surface area contributed by atoms with Gasteiger partial charge in [-0.15, -0.1) is 0 Å². The van der Waals surface area contributed by atoms with Crippen LogP contribution in [0.15, 0.2) is 16.9 Å². The maximum atomic E-state index is 6.03. The minimum absolute atomic E-state index is 0.161. The zero-order valence-corrected chi connectivity index (χ0v) is 12.9. The predicted octanol–water partition coefficient (Wildman–Crippen LogP) is 2.58. The lowest BCUT2D eigenvalue weighted by Crippen LogP contribution is -2.41. The molecule has 1 aliphatic heterocycles. The van der Waals surface area contributed by atoms with Crippen LogP contribution in [0.5, 0.6) is 0 Å². The fourth-order valence-electron chi connectivity index (χ4n) is 2.13. The molecule has 1 saturated heterocycles. The third kappa shape index (κ3) is 4.37. The molecule has 2 atom stereocenters. The highest BCUT2D eigenvalue weighted by molar-refractivity contribution is 9.10. The zero-order chi connectivity index (χ0) is 13.2. The van der Waals surface area contributed by atoms with Crippen LogP contribution in [0.2, 0.25) is 0 Å². The fourth-order valence-corrected chi connectivity index (χ4v) is 2.46. The Kier molecular flexibility index (Phi) is 4.45. The lowest BCUT2D eigenvalue weighted by Gasteiger charge is -2.23. The molecule has 0 amide bonds. The van der Waals surface area contributed by atoms with Gasteiger partial charge in [0.2, 0.25) is 0 Å². The number of halogens is 1. The Labute approximate surface area is 117 Å². The van der Waals surface area contributed by atoms with E-state index in [1.165, 1.54) is 0 Å². The number of ether oxygens (including phenoxy) is 1. The first-order valence-corrected chi connectivity index (χ1v) is 7.30. The quantitative estimate of drug-likeness (QED) is 0.928. The molecule has 18 heavy (non-hydrogen) atoms. The van der Waals surface area contributed by atoms with Gasteiger partial charge in [0, 0.05) is 18.3 Å². The van der Waals surface area contributed by atoms with E-state index in [1.807, 2.05) is 17.1 Å². The van der Waals surface area contributed by atoms with Crippen LogP contribution in [0.3, 0.4) is 0 Å². The molecule has 0 saturated carbocycles. The summed E-state index contributed by atoms with van der Waals surface area (Å²) in [5.41, 5.74) is 0.161. The smallest absolute Gasteiger partial charge is 0.0776 e. The first kappa shape index (κ1) is 14.0. The molecule has 0 spiro atoms. The third-order valence-corrected chi connectivity index (χ3v) is 3.46. The van der Waals surface area contributed by atoms with Crippen LogP contribution in [0.1, 0.15) is 33.6 Å². The molecule has 2 rings (SSSR count). The van der Waals surface area contributed by atoms with Crippen molar-refractivity contribution in [2.45, 2.75) is 57.9 Å². The van der Waals surface area contributed by atoms with E-state index in [2.05, 4.69) is 47.1 Å². The molecule has 4 nitrogen and oxygen atoms in total. The minimum Gasteiger partial charge on any atom is -0.372 e. The first-order chi connectivity index (χ1) is 8.42. The molecule has 0 aliphatic carbocycles. The van der Waals surface area contributed by atoms with Crippen molar-refractivity contribution in [3.05, 3.63) is 16.9 Å². The van der Waals surface area contributed by atoms with Crippen LogP contribution in [0.25, 0.3) is 0 Å². The van der Waals surface area contributed by atoms with E-state index >= 15 is 0 Å². The maximum absolute atomic E-state index is 6.03. The van der Waals surface area contributed by atoms with Crippen molar-refractivity contribution in [3.63, 3.8) is 0 Å². The second kappa shape index (κ2) is 5.72. The van der Waals surface area contributed by atoms with Gasteiger partial charge in [0.1, 0.15) is 0 Å². The van der Waals surface area contributed by atoms with Gasteiger partial charge >= 0.3 is 0 Å². The van der Waals surface area contributed by atoms with Gasteiger partial charge in [-0.2, -0.15) is 5.10 Å². The van der Waals surface area contributed by atoms with E-state index in [1.54, 1.807) is 0 Å². The van der Waals surface area contributed by atoms with Crippen LogP contribution in [-0.2, 0) is 11.3 Å². The lowest BCUT2D eigenvalue weighted by molar-refractivity contribution is 0.0312. The summed E-state index contributed by atoms with van der Waals surface area (Å²) in [6, 6.07) is 0. The second-order valence-electron chi connectivity index (χ2n) is 5.97. The number of hydrogen-bond acceptors (Lipinski definition) is 3. The topological polar surface area (TPSA) is 39.1 Å². The van der Waals surface area contributed by atoms with E-state index < -0.39 is 0 Å². The Hall–Kier alpha value is -0.390. The Morgan fingerprint density at radius 1 is 1.44 bits per heavy atom. The van der Waals surface area contributed by atoms with Crippen molar-refractivity contribution >= 4 is 15.9 Å². The number of hydrogen-bond donors (Lipinski definition) is 1. The highest BCUT2D eigenvalue weighted by Gasteiger charge is 2.26. The monoisotopic (exact) mass is 315 g/mol. The van der Waals surface area contributed by atoms with Crippen LogP contribution < -0.4 is 5.32 Å². The molecular formula is C13H22BrN3O. The van der Waals surface area contributed by atoms with E-state index in [9.17, 15) is 0 Å². The fraction of sp³-hybridized carbons (Fsp3) is 0.769. The summed E-state index contributed by atoms with van der Waals surface area (Å²) in [4.78, 5) is 0. The molecule has 2 unspecified atom stereocenters. The number of nitrogens with zero attached hydrogens (tertiary/aromatic N) is 2. The zero-order valence-electron chi connectivity index (χ0n) is 11.3. The molecule has 2 heterocycles. The summed E-state index contributed by atoms with van der Waals surface area (Å²) >= 11 is 3.41. The Morgan fingerprint density at radius 2 is 2.17 bits per heavy atom. The van der Waals surface area contributed by atoms with Crippen LogP contribution in [-0.4, -0.2) is 34.1 Å². The lowest BCUT2D eigenvalue weighted by atomic mass is 10.1. The maximum Gasteiger partial charge on any atom is 0.0776 e. The van der Waals surface area contributed by atoms with Gasteiger partial charge in [-0.1, -0.05) is 0 Å². The Bertz CT molecular complexity index is 386. The van der Waals surface area contributed by atoms with Crippen molar-refractivity contribution in [2.75, 3.05) is 6.54 Å². The summed E-state index contributed by atoms with van der Waals surface area (Å²) in [7, 11) is 0. The van der Waals surface area contributed by atoms with Gasteiger partial charge in [0.15, 0.2) is 0 Å². The van der Waals surface area contributed by atoms with Crippen molar-refractivity contribution < 1.29 is 4.74 Å². The van der Waals surface area contributed by atoms with Gasteiger partial charge in [0.05, 0.1) is 29.4 Å². The Balaban J connectivity index is 1.75. The molecule has 1 aromatic rings. The van der Waals surface area contributed by atoms with Crippen LogP contribution in [0.4, 0.5) is 0 Å². The number of rotatable bonds is 4. The van der Waals surface area contributed by atoms with Gasteiger partial charge in [-0.05, 0) is 49.5 Å². The highest BCUT2D eigenvalue weighted by Crippen LogP contribution is 2.21. The second-order valence-corrected chi connectivity index (χ2v) is 6.88. The highest BCUT2D eigenvalue weighted by atomic mass is 79.9. The molecule has 0 bridgehead atoms. The van der Waals surface area contributed by atoms with E-state index in [4.69, 9.17) is 4.74 Å². The molecule has 102 valence electrons. The van der Waals surface area contributed by atoms with E-state index in [-0.39, 0.29) is 5.54 Å². The van der Waals surface area contributed by atoms with Crippen molar-refractivity contribution in [2.24, 2.45) is 0 Å². The summed E-state index contributed by atoms with van der Waals surface area (Å²) in [5, 5.41) is 7.76. The average molecular weight is 316 g/mol. The molecule has 5 heteroatoms. The molecule has 1 fully saturated rings. The molecule has 0 radical (unpaired) electrons. The van der Waals surface area contributed by atoms with Crippen LogP contribution >= 0.6 is 15.9 Å². The average Bonchev–Trinajstić information content (AvgIpc) is 2.85. The Morgan fingerprint density at radius 3 is 2.78 bits per heavy atom. The largest absolute Gasteiger partial charge is 0.372 e. The first-order valence-electron chi connectivity index (χ1n) is 6.51. The van der Waals surface area contributed by atoms with Gasteiger partial charge in [0.25, 0.3) is 0 Å². The number of nitrogens with one attached hydrogen (secondary N) is 1. The van der Waals surface area contributed by atoms with Crippen LogP contribution in [0, 0.1) is 0 Å². The molecule has 1 aliphatic rings. The predicted molar refractivity (Wildman–Crippen MR) is 75.6 cm³/mol. The standard InChI is InChI=1S/C13H22BrN3O/c1-13(2,3)15-7-11-4-5-12(18-11)9-17-8-10(14)6-16-17/h6,8,11-12,15H,4-5,7,9H2,1-3H3. The van der Waals surface area contributed by atoms with Gasteiger partial charge in [-0.25, -0.2) is 0 Å². The molecular weight excluding hydrogens is 294 g/mol. The van der Waals surface area contributed by atoms with E-state index in [0.717, 1.165) is 30.4 Å². The summed E-state index contributed by atoms with van der Waals surface area (Å²) in [6.07, 6.45) is 6.69. The SMILES string of the molecule is CC(C)(C)NCC1CCC(Cn2cc(Br)cn2)O1. The van der Waals surface area contributed by atoms with Crippen molar-refractivity contribution in [1.82, 2.24) is 15.1 Å². The normalized spacial score (nSPS) is 24.7.